The highest BCUT2D eigenvalue weighted by atomic mass is 35.5. The molecule has 1 aliphatic heterocycles. The van der Waals surface area contributed by atoms with Gasteiger partial charge in [-0.15, -0.1) is 11.6 Å². The van der Waals surface area contributed by atoms with Crippen LogP contribution in [0.5, 0.6) is 0 Å². The lowest BCUT2D eigenvalue weighted by Crippen LogP contribution is -2.34. The van der Waals surface area contributed by atoms with E-state index in [1.807, 2.05) is 19.0 Å². The molecule has 1 fully saturated rings. The summed E-state index contributed by atoms with van der Waals surface area (Å²) in [5, 5.41) is -0.312. The molecule has 78 valence electrons. The summed E-state index contributed by atoms with van der Waals surface area (Å²) in [5.74, 6) is 0. The van der Waals surface area contributed by atoms with E-state index < -0.39 is 10.0 Å². The fourth-order valence-electron chi connectivity index (χ4n) is 1.45. The zero-order chi connectivity index (χ0) is 10.1. The molecule has 1 unspecified atom stereocenters. The van der Waals surface area contributed by atoms with Crippen LogP contribution in [-0.2, 0) is 10.0 Å². The molecule has 1 heterocycles. The molecular weight excluding hydrogens is 212 g/mol. The van der Waals surface area contributed by atoms with E-state index in [-0.39, 0.29) is 5.21 Å². The zero-order valence-corrected chi connectivity index (χ0v) is 9.48. The van der Waals surface area contributed by atoms with Crippen molar-refractivity contribution in [1.29, 1.82) is 0 Å². The Kier molecular flexibility index (Phi) is 3.57. The monoisotopic (exact) mass is 226 g/mol. The van der Waals surface area contributed by atoms with Gasteiger partial charge in [0, 0.05) is 19.1 Å². The van der Waals surface area contributed by atoms with Crippen LogP contribution in [0.25, 0.3) is 0 Å². The number of rotatable bonds is 3. The lowest BCUT2D eigenvalue weighted by atomic mass is 10.2. The van der Waals surface area contributed by atoms with E-state index >= 15 is 0 Å². The predicted molar refractivity (Wildman–Crippen MR) is 53.3 cm³/mol. The van der Waals surface area contributed by atoms with Crippen molar-refractivity contribution in [2.45, 2.75) is 12.5 Å². The maximum Gasteiger partial charge on any atom is 0.228 e. The van der Waals surface area contributed by atoms with Gasteiger partial charge in [-0.05, 0) is 20.5 Å². The van der Waals surface area contributed by atoms with Gasteiger partial charge < -0.3 is 4.90 Å². The summed E-state index contributed by atoms with van der Waals surface area (Å²) in [7, 11) is 0.727. The molecule has 4 nitrogen and oxygen atoms in total. The van der Waals surface area contributed by atoms with Crippen LogP contribution >= 0.6 is 11.6 Å². The number of nitrogens with zero attached hydrogens (tertiary/aromatic N) is 2. The molecule has 0 aromatic heterocycles. The minimum Gasteiger partial charge on any atom is -0.305 e. The Morgan fingerprint density at radius 2 is 2.15 bits per heavy atom. The van der Waals surface area contributed by atoms with Crippen molar-refractivity contribution >= 4 is 21.6 Å². The minimum absolute atomic E-state index is 0.312. The summed E-state index contributed by atoms with van der Waals surface area (Å²) >= 11 is 5.36. The average Bonchev–Trinajstić information content (AvgIpc) is 2.52. The third-order valence-electron chi connectivity index (χ3n) is 2.39. The summed E-state index contributed by atoms with van der Waals surface area (Å²) in [4.78, 5) is 2.05. The van der Waals surface area contributed by atoms with Gasteiger partial charge in [0.2, 0.25) is 10.0 Å². The molecule has 0 radical (unpaired) electrons. The van der Waals surface area contributed by atoms with Crippen molar-refractivity contribution in [2.75, 3.05) is 32.4 Å². The van der Waals surface area contributed by atoms with Gasteiger partial charge in [-0.1, -0.05) is 0 Å². The Labute approximate surface area is 84.5 Å². The fraction of sp³-hybridized carbons (Fsp3) is 1.00. The maximum absolute atomic E-state index is 11.3. The van der Waals surface area contributed by atoms with Gasteiger partial charge in [-0.2, -0.15) is 4.31 Å². The van der Waals surface area contributed by atoms with Crippen LogP contribution in [0.4, 0.5) is 0 Å². The third-order valence-corrected chi connectivity index (χ3v) is 4.61. The molecule has 6 heteroatoms. The zero-order valence-electron chi connectivity index (χ0n) is 7.90. The van der Waals surface area contributed by atoms with E-state index in [9.17, 15) is 8.42 Å². The molecule has 0 amide bonds. The van der Waals surface area contributed by atoms with Crippen LogP contribution in [0.3, 0.4) is 0 Å². The van der Waals surface area contributed by atoms with Crippen LogP contribution in [0.1, 0.15) is 6.42 Å². The average molecular weight is 227 g/mol. The molecule has 13 heavy (non-hydrogen) atoms. The first kappa shape index (κ1) is 11.2. The van der Waals surface area contributed by atoms with Crippen molar-refractivity contribution in [2.24, 2.45) is 0 Å². The second kappa shape index (κ2) is 4.13. The number of hydrogen-bond donors (Lipinski definition) is 0. The summed E-state index contributed by atoms with van der Waals surface area (Å²) < 4.78 is 24.2. The molecule has 1 saturated heterocycles. The molecule has 1 aliphatic rings. The van der Waals surface area contributed by atoms with Crippen LogP contribution in [-0.4, -0.2) is 56.1 Å². The Hall–Kier alpha value is 0.160. The quantitative estimate of drug-likeness (QED) is 0.644. The van der Waals surface area contributed by atoms with Crippen molar-refractivity contribution in [1.82, 2.24) is 9.21 Å². The lowest BCUT2D eigenvalue weighted by molar-refractivity contribution is 0.302. The first-order chi connectivity index (χ1) is 5.97. The van der Waals surface area contributed by atoms with Gasteiger partial charge in [-0.25, -0.2) is 8.42 Å². The topological polar surface area (TPSA) is 40.6 Å². The van der Waals surface area contributed by atoms with Crippen molar-refractivity contribution in [3.8, 4) is 0 Å². The van der Waals surface area contributed by atoms with Gasteiger partial charge in [0.1, 0.15) is 5.21 Å². The number of halogens is 1. The SMILES string of the molecule is CN(C)C1CCN(S(=O)(=O)CCl)C1. The van der Waals surface area contributed by atoms with E-state index in [0.29, 0.717) is 19.1 Å². The Balaban J connectivity index is 2.60. The Morgan fingerprint density at radius 3 is 2.54 bits per heavy atom. The molecule has 1 atom stereocenters. The highest BCUT2D eigenvalue weighted by molar-refractivity contribution is 7.90. The molecule has 0 aliphatic carbocycles. The number of alkyl halides is 1. The molecule has 0 aromatic carbocycles. The van der Waals surface area contributed by atoms with Crippen molar-refractivity contribution in [3.05, 3.63) is 0 Å². The second-order valence-electron chi connectivity index (χ2n) is 3.49. The molecule has 0 N–H and O–H groups in total. The summed E-state index contributed by atoms with van der Waals surface area (Å²) in [5.41, 5.74) is 0. The third kappa shape index (κ3) is 2.56. The number of hydrogen-bond acceptors (Lipinski definition) is 3. The molecule has 1 rings (SSSR count). The highest BCUT2D eigenvalue weighted by Gasteiger charge is 2.31. The predicted octanol–water partition coefficient (Wildman–Crippen LogP) is 0.148. The highest BCUT2D eigenvalue weighted by Crippen LogP contribution is 2.17. The normalized spacial score (nSPS) is 25.7. The maximum atomic E-state index is 11.3. The van der Waals surface area contributed by atoms with Gasteiger partial charge in [0.05, 0.1) is 0 Å². The summed E-state index contributed by atoms with van der Waals surface area (Å²) in [6.07, 6.45) is 0.892. The van der Waals surface area contributed by atoms with Gasteiger partial charge in [0.25, 0.3) is 0 Å². The van der Waals surface area contributed by atoms with Crippen LogP contribution in [0.15, 0.2) is 0 Å². The van der Waals surface area contributed by atoms with E-state index in [1.54, 1.807) is 0 Å². The van der Waals surface area contributed by atoms with Crippen LogP contribution < -0.4 is 0 Å². The standard InChI is InChI=1S/C7H15ClN2O2S/c1-9(2)7-3-4-10(5-7)13(11,12)6-8/h7H,3-6H2,1-2H3. The molecule has 0 bridgehead atoms. The van der Waals surface area contributed by atoms with Crippen LogP contribution in [0.2, 0.25) is 0 Å². The molecule has 0 saturated carbocycles. The second-order valence-corrected chi connectivity index (χ2v) is 6.04. The van der Waals surface area contributed by atoms with Crippen molar-refractivity contribution in [3.63, 3.8) is 0 Å². The molecular formula is C7H15ClN2O2S. The van der Waals surface area contributed by atoms with E-state index in [2.05, 4.69) is 0 Å². The smallest absolute Gasteiger partial charge is 0.228 e. The van der Waals surface area contributed by atoms with E-state index in [1.165, 1.54) is 4.31 Å². The molecule has 0 aromatic rings. The fourth-order valence-corrected chi connectivity index (χ4v) is 2.79. The first-order valence-corrected chi connectivity index (χ1v) is 6.32. The van der Waals surface area contributed by atoms with Gasteiger partial charge in [0.15, 0.2) is 0 Å². The van der Waals surface area contributed by atoms with Crippen LogP contribution in [0, 0.1) is 0 Å². The minimum atomic E-state index is -3.19. The number of likely N-dealkylation sites (N-methyl/N-ethyl adjacent to an activating group) is 1. The summed E-state index contributed by atoms with van der Waals surface area (Å²) in [6.45, 7) is 1.17. The Morgan fingerprint density at radius 1 is 1.54 bits per heavy atom. The molecule has 0 spiro atoms. The largest absolute Gasteiger partial charge is 0.305 e. The summed E-state index contributed by atoms with van der Waals surface area (Å²) in [6, 6.07) is 0.331. The van der Waals surface area contributed by atoms with E-state index in [4.69, 9.17) is 11.6 Å². The van der Waals surface area contributed by atoms with Crippen molar-refractivity contribution < 1.29 is 8.42 Å². The number of sulfonamides is 1. The Bertz CT molecular complexity index is 266. The van der Waals surface area contributed by atoms with E-state index in [0.717, 1.165) is 6.42 Å². The first-order valence-electron chi connectivity index (χ1n) is 4.17. The lowest BCUT2D eigenvalue weighted by Gasteiger charge is -2.19. The van der Waals surface area contributed by atoms with Gasteiger partial charge in [-0.3, -0.25) is 0 Å². The van der Waals surface area contributed by atoms with Gasteiger partial charge >= 0.3 is 0 Å².